The van der Waals surface area contributed by atoms with Crippen LogP contribution in [-0.2, 0) is 14.8 Å². The Morgan fingerprint density at radius 1 is 1.18 bits per heavy atom. The van der Waals surface area contributed by atoms with Gasteiger partial charge in [-0.1, -0.05) is 26.0 Å². The summed E-state index contributed by atoms with van der Waals surface area (Å²) in [5.74, 6) is -2.12. The van der Waals surface area contributed by atoms with Gasteiger partial charge in [-0.15, -0.1) is 0 Å². The van der Waals surface area contributed by atoms with E-state index in [4.69, 9.17) is 5.11 Å². The Morgan fingerprint density at radius 3 is 2.36 bits per heavy atom. The van der Waals surface area contributed by atoms with Crippen LogP contribution >= 0.6 is 0 Å². The normalized spacial score (nSPS) is 13.9. The second-order valence-electron chi connectivity index (χ2n) is 7.78. The van der Waals surface area contributed by atoms with Crippen LogP contribution in [0, 0.1) is 5.82 Å². The second-order valence-corrected chi connectivity index (χ2v) is 9.79. The van der Waals surface area contributed by atoms with Gasteiger partial charge in [0.2, 0.25) is 16.0 Å². The number of aliphatic hydroxyl groups is 2. The zero-order valence-electron chi connectivity index (χ0n) is 18.6. The standard InChI is InChI=1S/C22H28FN3O6S/c1-4-33(31,32)26-22-24-20(13(2)3)18(10-9-16(27)11-17(28)12-19(29)30)21(25-22)14-5-7-15(23)8-6-14/h5-10,13,16-17,27-28H,4,11-12H2,1-3H3,(H,29,30)(H,24,25,26)/t16-,17-/m1/s1. The van der Waals surface area contributed by atoms with E-state index in [0.717, 1.165) is 0 Å². The summed E-state index contributed by atoms with van der Waals surface area (Å²) in [5, 5.41) is 28.8. The molecule has 0 saturated carbocycles. The first kappa shape index (κ1) is 26.4. The number of aliphatic hydroxyl groups excluding tert-OH is 2. The minimum Gasteiger partial charge on any atom is -0.481 e. The van der Waals surface area contributed by atoms with Crippen molar-refractivity contribution in [3.8, 4) is 11.3 Å². The van der Waals surface area contributed by atoms with Gasteiger partial charge in [-0.3, -0.25) is 9.52 Å². The number of nitrogens with zero attached hydrogens (tertiary/aromatic N) is 2. The largest absolute Gasteiger partial charge is 0.481 e. The van der Waals surface area contributed by atoms with Gasteiger partial charge in [-0.05, 0) is 37.1 Å². The molecule has 0 fully saturated rings. The lowest BCUT2D eigenvalue weighted by atomic mass is 9.97. The summed E-state index contributed by atoms with van der Waals surface area (Å²) in [6.07, 6.45) is -0.175. The van der Waals surface area contributed by atoms with Crippen molar-refractivity contribution in [3.63, 3.8) is 0 Å². The number of nitrogens with one attached hydrogen (secondary N) is 1. The molecule has 4 N–H and O–H groups in total. The Balaban J connectivity index is 2.56. The van der Waals surface area contributed by atoms with Crippen LogP contribution in [0.15, 0.2) is 30.3 Å². The molecule has 2 aromatic rings. The number of rotatable bonds is 11. The van der Waals surface area contributed by atoms with Crippen molar-refractivity contribution in [1.29, 1.82) is 0 Å². The number of anilines is 1. The van der Waals surface area contributed by atoms with Crippen molar-refractivity contribution in [2.24, 2.45) is 0 Å². The first-order valence-corrected chi connectivity index (χ1v) is 12.0. The summed E-state index contributed by atoms with van der Waals surface area (Å²) < 4.78 is 40.0. The first-order chi connectivity index (χ1) is 15.4. The van der Waals surface area contributed by atoms with E-state index in [-0.39, 0.29) is 24.0 Å². The summed E-state index contributed by atoms with van der Waals surface area (Å²) in [5.41, 5.74) is 1.77. The highest BCUT2D eigenvalue weighted by Gasteiger charge is 2.20. The minimum atomic E-state index is -3.65. The van der Waals surface area contributed by atoms with E-state index in [1.807, 2.05) is 13.8 Å². The van der Waals surface area contributed by atoms with Crippen molar-refractivity contribution in [1.82, 2.24) is 9.97 Å². The van der Waals surface area contributed by atoms with E-state index in [1.54, 1.807) is 0 Å². The Hall–Kier alpha value is -2.89. The van der Waals surface area contributed by atoms with Gasteiger partial charge < -0.3 is 15.3 Å². The number of hydrogen-bond donors (Lipinski definition) is 4. The van der Waals surface area contributed by atoms with Gasteiger partial charge in [-0.2, -0.15) is 0 Å². The van der Waals surface area contributed by atoms with Crippen LogP contribution in [0.5, 0.6) is 0 Å². The molecule has 1 aromatic carbocycles. The smallest absolute Gasteiger partial charge is 0.305 e. The number of aliphatic carboxylic acids is 1. The molecule has 0 amide bonds. The van der Waals surface area contributed by atoms with Crippen LogP contribution in [0.1, 0.15) is 50.8 Å². The van der Waals surface area contributed by atoms with E-state index < -0.39 is 40.4 Å². The molecule has 0 aliphatic carbocycles. The van der Waals surface area contributed by atoms with Crippen LogP contribution in [0.3, 0.4) is 0 Å². The third-order valence-corrected chi connectivity index (χ3v) is 5.93. The van der Waals surface area contributed by atoms with Gasteiger partial charge in [-0.25, -0.2) is 22.8 Å². The highest BCUT2D eigenvalue weighted by atomic mass is 32.2. The number of carbonyl (C=O) groups is 1. The third kappa shape index (κ3) is 7.88. The van der Waals surface area contributed by atoms with E-state index in [0.29, 0.717) is 22.5 Å². The molecule has 11 heteroatoms. The molecule has 0 bridgehead atoms. The lowest BCUT2D eigenvalue weighted by molar-refractivity contribution is -0.139. The maximum Gasteiger partial charge on any atom is 0.305 e. The van der Waals surface area contributed by atoms with Gasteiger partial charge >= 0.3 is 5.97 Å². The molecule has 33 heavy (non-hydrogen) atoms. The molecule has 0 saturated heterocycles. The van der Waals surface area contributed by atoms with Gasteiger partial charge in [0.15, 0.2) is 0 Å². The van der Waals surface area contributed by atoms with Gasteiger partial charge in [0.25, 0.3) is 0 Å². The molecule has 2 atom stereocenters. The topological polar surface area (TPSA) is 150 Å². The zero-order chi connectivity index (χ0) is 24.8. The molecule has 1 heterocycles. The monoisotopic (exact) mass is 481 g/mol. The molecule has 0 aliphatic rings. The Kier molecular flexibility index (Phi) is 9.03. The number of benzene rings is 1. The van der Waals surface area contributed by atoms with Crippen LogP contribution in [0.25, 0.3) is 17.3 Å². The third-order valence-electron chi connectivity index (χ3n) is 4.68. The molecule has 9 nitrogen and oxygen atoms in total. The number of carboxylic acids is 1. The van der Waals surface area contributed by atoms with E-state index in [9.17, 15) is 27.8 Å². The first-order valence-electron chi connectivity index (χ1n) is 10.4. The lowest BCUT2D eigenvalue weighted by Crippen LogP contribution is -2.19. The van der Waals surface area contributed by atoms with Crippen molar-refractivity contribution in [2.75, 3.05) is 10.5 Å². The number of sulfonamides is 1. The SMILES string of the molecule is CCS(=O)(=O)Nc1nc(-c2ccc(F)cc2)c(C=C[C@@H](O)C[C@@H](O)CC(=O)O)c(C(C)C)n1. The molecule has 0 aliphatic heterocycles. The molecule has 1 aromatic heterocycles. The van der Waals surface area contributed by atoms with Crippen LogP contribution < -0.4 is 4.72 Å². The average Bonchev–Trinajstić information content (AvgIpc) is 2.71. The summed E-state index contributed by atoms with van der Waals surface area (Å²) in [4.78, 5) is 19.4. The van der Waals surface area contributed by atoms with Crippen molar-refractivity contribution in [2.45, 2.75) is 51.7 Å². The quantitative estimate of drug-likeness (QED) is 0.383. The van der Waals surface area contributed by atoms with Crippen molar-refractivity contribution < 1.29 is 32.9 Å². The zero-order valence-corrected chi connectivity index (χ0v) is 19.4. The molecule has 0 radical (unpaired) electrons. The van der Waals surface area contributed by atoms with E-state index >= 15 is 0 Å². The van der Waals surface area contributed by atoms with E-state index in [2.05, 4.69) is 14.7 Å². The second kappa shape index (κ2) is 11.3. The molecular formula is C22H28FN3O6S. The molecular weight excluding hydrogens is 453 g/mol. The fourth-order valence-electron chi connectivity index (χ4n) is 3.03. The molecule has 180 valence electrons. The molecule has 0 unspecified atom stereocenters. The molecule has 0 spiro atoms. The number of halogens is 1. The fraction of sp³-hybridized carbons (Fsp3) is 0.409. The van der Waals surface area contributed by atoms with Crippen molar-refractivity contribution >= 4 is 28.0 Å². The lowest BCUT2D eigenvalue weighted by Gasteiger charge is -2.17. The molecule has 2 rings (SSSR count). The maximum atomic E-state index is 13.5. The van der Waals surface area contributed by atoms with Crippen LogP contribution in [0.4, 0.5) is 10.3 Å². The van der Waals surface area contributed by atoms with Gasteiger partial charge in [0, 0.05) is 17.5 Å². The summed E-state index contributed by atoms with van der Waals surface area (Å²) in [6, 6.07) is 5.47. The predicted octanol–water partition coefficient (Wildman–Crippen LogP) is 2.77. The Labute approximate surface area is 192 Å². The highest BCUT2D eigenvalue weighted by molar-refractivity contribution is 7.92. The average molecular weight is 482 g/mol. The van der Waals surface area contributed by atoms with E-state index in [1.165, 1.54) is 43.3 Å². The number of carboxylic acid groups (broad SMARTS) is 1. The summed E-state index contributed by atoms with van der Waals surface area (Å²) in [7, 11) is -3.65. The maximum absolute atomic E-state index is 13.5. The fourth-order valence-corrected chi connectivity index (χ4v) is 3.54. The van der Waals surface area contributed by atoms with Crippen LogP contribution in [-0.4, -0.2) is 57.6 Å². The highest BCUT2D eigenvalue weighted by Crippen LogP contribution is 2.31. The van der Waals surface area contributed by atoms with Crippen LogP contribution in [0.2, 0.25) is 0 Å². The van der Waals surface area contributed by atoms with Crippen molar-refractivity contribution in [3.05, 3.63) is 47.4 Å². The summed E-state index contributed by atoms with van der Waals surface area (Å²) in [6.45, 7) is 5.17. The number of hydrogen-bond acceptors (Lipinski definition) is 7. The van der Waals surface area contributed by atoms with Gasteiger partial charge in [0.05, 0.1) is 35.8 Å². The minimum absolute atomic E-state index is 0.130. The Morgan fingerprint density at radius 2 is 1.82 bits per heavy atom. The predicted molar refractivity (Wildman–Crippen MR) is 123 cm³/mol. The Bertz CT molecular complexity index is 1100. The summed E-state index contributed by atoms with van der Waals surface area (Å²) >= 11 is 0. The number of aromatic nitrogens is 2. The van der Waals surface area contributed by atoms with Gasteiger partial charge in [0.1, 0.15) is 5.82 Å².